The lowest BCUT2D eigenvalue weighted by atomic mass is 9.89. The van der Waals surface area contributed by atoms with Gasteiger partial charge in [-0.15, -0.1) is 0 Å². The first-order chi connectivity index (χ1) is 21.2. The first-order valence-electron chi connectivity index (χ1n) is 14.0. The van der Waals surface area contributed by atoms with Gasteiger partial charge in [-0.2, -0.15) is 26.3 Å². The van der Waals surface area contributed by atoms with Gasteiger partial charge in [-0.05, 0) is 55.7 Å². The van der Waals surface area contributed by atoms with Crippen molar-refractivity contribution in [1.82, 2.24) is 4.90 Å². The molecule has 3 aromatic carbocycles. The third-order valence-corrected chi connectivity index (χ3v) is 7.52. The second-order valence-electron chi connectivity index (χ2n) is 10.5. The highest BCUT2D eigenvalue weighted by Gasteiger charge is 2.41. The van der Waals surface area contributed by atoms with Crippen molar-refractivity contribution in [3.05, 3.63) is 88.5 Å². The number of anilines is 1. The molecule has 0 aromatic heterocycles. The van der Waals surface area contributed by atoms with Gasteiger partial charge in [0.25, 0.3) is 0 Å². The van der Waals surface area contributed by atoms with Gasteiger partial charge in [0, 0.05) is 24.2 Å². The van der Waals surface area contributed by atoms with Gasteiger partial charge in [0.15, 0.2) is 11.5 Å². The summed E-state index contributed by atoms with van der Waals surface area (Å²) in [6.45, 7) is 3.49. The number of hydrogen-bond acceptors (Lipinski definition) is 5. The Hall–Kier alpha value is -4.42. The van der Waals surface area contributed by atoms with Crippen LogP contribution in [0.15, 0.2) is 60.7 Å². The second-order valence-corrected chi connectivity index (χ2v) is 10.5. The molecule has 2 amide bonds. The third-order valence-electron chi connectivity index (χ3n) is 7.52. The standard InChI is InChI=1S/C32H32F6N2O5/c1-5-45-30(42)40-19(2)11-25(24-16-27(43-3)28(44-4)17-26(24)40)39(18-20-9-7-6-8-10-20)29(41)14-21-12-22(31(33,34)35)15-23(13-21)32(36,37)38/h6-10,12-13,15-17,19,25H,5,11,14,18H2,1-4H3. The quantitative estimate of drug-likeness (QED) is 0.236. The number of halogens is 6. The van der Waals surface area contributed by atoms with E-state index in [1.165, 1.54) is 24.0 Å². The summed E-state index contributed by atoms with van der Waals surface area (Å²) >= 11 is 0. The summed E-state index contributed by atoms with van der Waals surface area (Å²) in [5, 5.41) is 0. The zero-order chi connectivity index (χ0) is 33.1. The van der Waals surface area contributed by atoms with Crippen LogP contribution in [0.1, 0.15) is 54.1 Å². The summed E-state index contributed by atoms with van der Waals surface area (Å²) in [4.78, 5) is 29.9. The zero-order valence-corrected chi connectivity index (χ0v) is 25.0. The van der Waals surface area contributed by atoms with Crippen LogP contribution >= 0.6 is 0 Å². The molecule has 2 atom stereocenters. The summed E-state index contributed by atoms with van der Waals surface area (Å²) < 4.78 is 97.7. The number of nitrogens with zero attached hydrogens (tertiary/aromatic N) is 2. The number of carbonyl (C=O) groups is 2. The molecule has 1 aliphatic heterocycles. The monoisotopic (exact) mass is 638 g/mol. The number of alkyl halides is 6. The number of rotatable bonds is 8. The fraction of sp³-hybridized carbons (Fsp3) is 0.375. The van der Waals surface area contributed by atoms with E-state index in [4.69, 9.17) is 14.2 Å². The number of carbonyl (C=O) groups excluding carboxylic acids is 2. The first kappa shape index (κ1) is 33.5. The van der Waals surface area contributed by atoms with Gasteiger partial charge in [0.1, 0.15) is 0 Å². The lowest BCUT2D eigenvalue weighted by Gasteiger charge is -2.43. The molecular weight excluding hydrogens is 606 g/mol. The fourth-order valence-corrected chi connectivity index (χ4v) is 5.47. The molecule has 0 saturated carbocycles. The van der Waals surface area contributed by atoms with Gasteiger partial charge in [-0.25, -0.2) is 4.79 Å². The lowest BCUT2D eigenvalue weighted by Crippen LogP contribution is -2.48. The van der Waals surface area contributed by atoms with Crippen molar-refractivity contribution in [2.75, 3.05) is 25.7 Å². The minimum atomic E-state index is -5.06. The largest absolute Gasteiger partial charge is 0.493 e. The Morgan fingerprint density at radius 1 is 0.867 bits per heavy atom. The van der Waals surface area contributed by atoms with Crippen LogP contribution < -0.4 is 14.4 Å². The summed E-state index contributed by atoms with van der Waals surface area (Å²) in [6.07, 6.45) is -11.3. The number of benzene rings is 3. The second kappa shape index (κ2) is 13.3. The molecule has 0 aliphatic carbocycles. The Morgan fingerprint density at radius 3 is 1.98 bits per heavy atom. The van der Waals surface area contributed by atoms with Crippen molar-refractivity contribution >= 4 is 17.7 Å². The molecule has 13 heteroatoms. The first-order valence-corrected chi connectivity index (χ1v) is 14.0. The summed E-state index contributed by atoms with van der Waals surface area (Å²) in [5.74, 6) is -0.128. The molecule has 0 fully saturated rings. The van der Waals surface area contributed by atoms with E-state index in [0.717, 1.165) is 0 Å². The molecule has 4 rings (SSSR count). The molecule has 2 unspecified atom stereocenters. The SMILES string of the molecule is CCOC(=O)N1c2cc(OC)c(OC)cc2C(N(Cc2ccccc2)C(=O)Cc2cc(C(F)(F)F)cc(C(F)(F)F)c2)CC1C. The van der Waals surface area contributed by atoms with Gasteiger partial charge < -0.3 is 19.1 Å². The number of ether oxygens (including phenoxy) is 3. The fourth-order valence-electron chi connectivity index (χ4n) is 5.47. The number of amides is 2. The van der Waals surface area contributed by atoms with Crippen LogP contribution in [-0.2, 0) is 34.8 Å². The predicted molar refractivity (Wildman–Crippen MR) is 153 cm³/mol. The minimum absolute atomic E-state index is 0.0185. The molecular formula is C32H32F6N2O5. The van der Waals surface area contributed by atoms with E-state index in [1.54, 1.807) is 56.3 Å². The third kappa shape index (κ3) is 7.46. The van der Waals surface area contributed by atoms with Gasteiger partial charge in [0.2, 0.25) is 5.91 Å². The van der Waals surface area contributed by atoms with E-state index in [2.05, 4.69) is 0 Å². The summed E-state index contributed by atoms with van der Waals surface area (Å²) in [7, 11) is 2.82. The molecule has 0 spiro atoms. The molecule has 1 aliphatic rings. The Bertz CT molecular complexity index is 1490. The zero-order valence-electron chi connectivity index (χ0n) is 25.0. The van der Waals surface area contributed by atoms with Gasteiger partial charge >= 0.3 is 18.4 Å². The molecule has 0 radical (unpaired) electrons. The molecule has 1 heterocycles. The smallest absolute Gasteiger partial charge is 0.416 e. The summed E-state index contributed by atoms with van der Waals surface area (Å²) in [5.41, 5.74) is -1.96. The van der Waals surface area contributed by atoms with Crippen molar-refractivity contribution in [2.45, 2.75) is 57.7 Å². The highest BCUT2D eigenvalue weighted by atomic mass is 19.4. The summed E-state index contributed by atoms with van der Waals surface area (Å²) in [6, 6.07) is 11.8. The van der Waals surface area contributed by atoms with Crippen molar-refractivity contribution in [3.8, 4) is 11.5 Å². The van der Waals surface area contributed by atoms with Crippen molar-refractivity contribution in [3.63, 3.8) is 0 Å². The van der Waals surface area contributed by atoms with Gasteiger partial charge in [-0.3, -0.25) is 9.69 Å². The van der Waals surface area contributed by atoms with E-state index < -0.39 is 59.5 Å². The molecule has 45 heavy (non-hydrogen) atoms. The Labute approximate surface area is 256 Å². The van der Waals surface area contributed by atoms with Crippen LogP contribution in [-0.4, -0.2) is 43.8 Å². The van der Waals surface area contributed by atoms with E-state index in [0.29, 0.717) is 40.4 Å². The average Bonchev–Trinajstić information content (AvgIpc) is 2.98. The highest BCUT2D eigenvalue weighted by molar-refractivity contribution is 5.91. The van der Waals surface area contributed by atoms with Crippen molar-refractivity contribution < 1.29 is 50.1 Å². The molecule has 7 nitrogen and oxygen atoms in total. The Kier molecular flexibility index (Phi) is 9.89. The van der Waals surface area contributed by atoms with E-state index in [9.17, 15) is 35.9 Å². The number of fused-ring (bicyclic) bond motifs is 1. The molecule has 3 aromatic rings. The van der Waals surface area contributed by atoms with Crippen LogP contribution in [0.3, 0.4) is 0 Å². The van der Waals surface area contributed by atoms with E-state index >= 15 is 0 Å². The molecule has 242 valence electrons. The van der Waals surface area contributed by atoms with Crippen LogP contribution in [0.25, 0.3) is 0 Å². The molecule has 0 bridgehead atoms. The number of methoxy groups -OCH3 is 2. The minimum Gasteiger partial charge on any atom is -0.493 e. The van der Waals surface area contributed by atoms with Gasteiger partial charge in [0.05, 0.1) is 50.1 Å². The van der Waals surface area contributed by atoms with Crippen molar-refractivity contribution in [1.29, 1.82) is 0 Å². The van der Waals surface area contributed by atoms with E-state index in [1.807, 2.05) is 0 Å². The number of hydrogen-bond donors (Lipinski definition) is 0. The maximum absolute atomic E-state index is 14.1. The highest BCUT2D eigenvalue weighted by Crippen LogP contribution is 2.46. The average molecular weight is 639 g/mol. The lowest BCUT2D eigenvalue weighted by molar-refractivity contribution is -0.143. The molecule has 0 N–H and O–H groups in total. The maximum Gasteiger partial charge on any atom is 0.416 e. The normalized spacial score (nSPS) is 16.5. The van der Waals surface area contributed by atoms with Crippen molar-refractivity contribution in [2.24, 2.45) is 0 Å². The topological polar surface area (TPSA) is 68.3 Å². The Morgan fingerprint density at radius 2 is 1.44 bits per heavy atom. The maximum atomic E-state index is 14.1. The van der Waals surface area contributed by atoms with Gasteiger partial charge in [-0.1, -0.05) is 30.3 Å². The van der Waals surface area contributed by atoms with Crippen LogP contribution in [0.2, 0.25) is 0 Å². The Balaban J connectivity index is 1.85. The predicted octanol–water partition coefficient (Wildman–Crippen LogP) is 7.81. The van der Waals surface area contributed by atoms with E-state index in [-0.39, 0.29) is 25.6 Å². The van der Waals surface area contributed by atoms with Crippen LogP contribution in [0.5, 0.6) is 11.5 Å². The molecule has 0 saturated heterocycles. The van der Waals surface area contributed by atoms with Crippen LogP contribution in [0.4, 0.5) is 36.8 Å². The van der Waals surface area contributed by atoms with Crippen LogP contribution in [0, 0.1) is 0 Å².